The molecule has 3 heterocycles. The molecule has 1 saturated heterocycles. The normalized spacial score (nSPS) is 19.3. The lowest BCUT2D eigenvalue weighted by Crippen LogP contribution is -2.43. The van der Waals surface area contributed by atoms with Crippen LogP contribution in [0.1, 0.15) is 17.7 Å². The zero-order valence-corrected chi connectivity index (χ0v) is 14.4. The first kappa shape index (κ1) is 16.1. The molecule has 4 rings (SSSR count). The Balaban J connectivity index is 1.28. The van der Waals surface area contributed by atoms with Crippen LogP contribution in [0.5, 0.6) is 0 Å². The molecular formula is C20H24N4O. The van der Waals surface area contributed by atoms with Crippen molar-refractivity contribution in [1.82, 2.24) is 15.2 Å². The number of urea groups is 1. The minimum Gasteiger partial charge on any atom is -0.323 e. The van der Waals surface area contributed by atoms with Gasteiger partial charge in [-0.3, -0.25) is 9.88 Å². The van der Waals surface area contributed by atoms with E-state index in [1.807, 2.05) is 28.0 Å². The number of nitrogens with zero attached hydrogens (tertiary/aromatic N) is 3. The third kappa shape index (κ3) is 3.51. The predicted octanol–water partition coefficient (Wildman–Crippen LogP) is 2.47. The van der Waals surface area contributed by atoms with Gasteiger partial charge >= 0.3 is 6.03 Å². The van der Waals surface area contributed by atoms with Crippen molar-refractivity contribution in [2.24, 2.45) is 0 Å². The molecule has 0 radical (unpaired) electrons. The van der Waals surface area contributed by atoms with Crippen molar-refractivity contribution in [3.8, 4) is 0 Å². The van der Waals surface area contributed by atoms with Crippen molar-refractivity contribution in [1.29, 1.82) is 0 Å². The van der Waals surface area contributed by atoms with Gasteiger partial charge < -0.3 is 10.2 Å². The minimum atomic E-state index is 0.124. The Morgan fingerprint density at radius 1 is 1.16 bits per heavy atom. The number of hydrogen-bond donors (Lipinski definition) is 1. The van der Waals surface area contributed by atoms with E-state index >= 15 is 0 Å². The van der Waals surface area contributed by atoms with Gasteiger partial charge in [0.25, 0.3) is 0 Å². The summed E-state index contributed by atoms with van der Waals surface area (Å²) in [7, 11) is 0. The summed E-state index contributed by atoms with van der Waals surface area (Å²) in [6.45, 7) is 3.31. The zero-order valence-electron chi connectivity index (χ0n) is 14.4. The lowest BCUT2D eigenvalue weighted by molar-refractivity contribution is 0.215. The number of rotatable bonds is 4. The number of nitrogens with one attached hydrogen (secondary N) is 1. The molecule has 130 valence electrons. The van der Waals surface area contributed by atoms with Crippen LogP contribution >= 0.6 is 0 Å². The van der Waals surface area contributed by atoms with E-state index in [1.54, 1.807) is 6.20 Å². The maximum absolute atomic E-state index is 12.8. The zero-order chi connectivity index (χ0) is 17.1. The van der Waals surface area contributed by atoms with Crippen LogP contribution in [-0.2, 0) is 12.8 Å². The molecule has 1 atom stereocenters. The predicted molar refractivity (Wildman–Crippen MR) is 98.8 cm³/mol. The van der Waals surface area contributed by atoms with Crippen LogP contribution in [-0.4, -0.2) is 48.1 Å². The van der Waals surface area contributed by atoms with Crippen LogP contribution in [0.2, 0.25) is 0 Å². The Morgan fingerprint density at radius 2 is 2.04 bits per heavy atom. The summed E-state index contributed by atoms with van der Waals surface area (Å²) in [6.07, 6.45) is 4.70. The summed E-state index contributed by atoms with van der Waals surface area (Å²) >= 11 is 0. The molecule has 0 spiro atoms. The highest BCUT2D eigenvalue weighted by Gasteiger charge is 2.32. The Bertz CT molecular complexity index is 733. The maximum Gasteiger partial charge on any atom is 0.324 e. The molecule has 0 aliphatic carbocycles. The number of carbonyl (C=O) groups excluding carboxylic acids is 1. The summed E-state index contributed by atoms with van der Waals surface area (Å²) < 4.78 is 0. The second kappa shape index (κ2) is 7.23. The van der Waals surface area contributed by atoms with Gasteiger partial charge in [-0.25, -0.2) is 4.79 Å². The fourth-order valence-corrected chi connectivity index (χ4v) is 3.74. The van der Waals surface area contributed by atoms with Gasteiger partial charge in [0.2, 0.25) is 0 Å². The van der Waals surface area contributed by atoms with E-state index in [4.69, 9.17) is 0 Å². The van der Waals surface area contributed by atoms with Gasteiger partial charge in [0, 0.05) is 38.3 Å². The van der Waals surface area contributed by atoms with Crippen molar-refractivity contribution >= 4 is 11.7 Å². The molecule has 1 fully saturated rings. The highest BCUT2D eigenvalue weighted by Crippen LogP contribution is 2.27. The molecule has 2 aliphatic heterocycles. The maximum atomic E-state index is 12.8. The van der Waals surface area contributed by atoms with E-state index < -0.39 is 0 Å². The molecule has 0 bridgehead atoms. The number of benzene rings is 1. The Labute approximate surface area is 148 Å². The third-order valence-corrected chi connectivity index (χ3v) is 5.11. The van der Waals surface area contributed by atoms with Crippen molar-refractivity contribution in [3.63, 3.8) is 0 Å². The average Bonchev–Trinajstić information content (AvgIpc) is 3.29. The number of carbonyl (C=O) groups is 1. The number of likely N-dealkylation sites (tertiary alicyclic amines) is 1. The molecule has 1 aromatic carbocycles. The number of anilines is 1. The molecule has 5 heteroatoms. The monoisotopic (exact) mass is 336 g/mol. The highest BCUT2D eigenvalue weighted by atomic mass is 16.2. The molecule has 2 aromatic rings. The van der Waals surface area contributed by atoms with Gasteiger partial charge in [0.15, 0.2) is 0 Å². The van der Waals surface area contributed by atoms with Crippen LogP contribution in [0.4, 0.5) is 10.5 Å². The first-order chi connectivity index (χ1) is 12.3. The van der Waals surface area contributed by atoms with Gasteiger partial charge in [-0.05, 0) is 37.1 Å². The van der Waals surface area contributed by atoms with E-state index in [9.17, 15) is 4.79 Å². The first-order valence-electron chi connectivity index (χ1n) is 9.09. The fraction of sp³-hybridized carbons (Fsp3) is 0.400. The molecule has 5 nitrogen and oxygen atoms in total. The van der Waals surface area contributed by atoms with Gasteiger partial charge in [-0.2, -0.15) is 0 Å². The van der Waals surface area contributed by atoms with Crippen molar-refractivity contribution in [2.45, 2.75) is 25.3 Å². The van der Waals surface area contributed by atoms with Crippen molar-refractivity contribution < 1.29 is 4.79 Å². The summed E-state index contributed by atoms with van der Waals surface area (Å²) in [4.78, 5) is 21.1. The average molecular weight is 336 g/mol. The van der Waals surface area contributed by atoms with Crippen LogP contribution in [0.3, 0.4) is 0 Å². The van der Waals surface area contributed by atoms with Gasteiger partial charge in [-0.15, -0.1) is 0 Å². The highest BCUT2D eigenvalue weighted by molar-refractivity contribution is 5.94. The molecule has 0 saturated carbocycles. The Kier molecular flexibility index (Phi) is 4.65. The SMILES string of the molecule is O=C(N1CCC(NCCc2ccccc2)C1)N1CCc2ncccc21. The fourth-order valence-electron chi connectivity index (χ4n) is 3.74. The second-order valence-electron chi connectivity index (χ2n) is 6.77. The van der Waals surface area contributed by atoms with E-state index in [1.165, 1.54) is 5.56 Å². The van der Waals surface area contributed by atoms with E-state index in [2.05, 4.69) is 34.6 Å². The molecule has 25 heavy (non-hydrogen) atoms. The molecular weight excluding hydrogens is 312 g/mol. The molecule has 2 aliphatic rings. The molecule has 1 N–H and O–H groups in total. The van der Waals surface area contributed by atoms with Crippen molar-refractivity contribution in [3.05, 3.63) is 59.9 Å². The van der Waals surface area contributed by atoms with Gasteiger partial charge in [0.1, 0.15) is 0 Å². The summed E-state index contributed by atoms with van der Waals surface area (Å²) in [5.41, 5.74) is 3.36. The van der Waals surface area contributed by atoms with Crippen LogP contribution < -0.4 is 10.2 Å². The molecule has 2 amide bonds. The van der Waals surface area contributed by atoms with Crippen LogP contribution in [0.25, 0.3) is 0 Å². The smallest absolute Gasteiger partial charge is 0.323 e. The minimum absolute atomic E-state index is 0.124. The summed E-state index contributed by atoms with van der Waals surface area (Å²) in [5.74, 6) is 0. The number of hydrogen-bond acceptors (Lipinski definition) is 3. The number of pyridine rings is 1. The standard InChI is InChI=1S/C20H24N4O/c25-20(24-14-10-18-19(24)7-4-11-22-18)23-13-9-17(15-23)21-12-8-16-5-2-1-3-6-16/h1-7,11,17,21H,8-10,12-15H2. The lowest BCUT2D eigenvalue weighted by atomic mass is 10.1. The largest absolute Gasteiger partial charge is 0.324 e. The third-order valence-electron chi connectivity index (χ3n) is 5.11. The Hall–Kier alpha value is -2.40. The quantitative estimate of drug-likeness (QED) is 0.933. The number of amides is 2. The van der Waals surface area contributed by atoms with Crippen LogP contribution in [0, 0.1) is 0 Å². The lowest BCUT2D eigenvalue weighted by Gasteiger charge is -2.24. The Morgan fingerprint density at radius 3 is 2.92 bits per heavy atom. The topological polar surface area (TPSA) is 48.5 Å². The van der Waals surface area contributed by atoms with Crippen LogP contribution in [0.15, 0.2) is 48.7 Å². The summed E-state index contributed by atoms with van der Waals surface area (Å²) in [5, 5.41) is 3.60. The second-order valence-corrected chi connectivity index (χ2v) is 6.77. The molecule has 1 unspecified atom stereocenters. The first-order valence-corrected chi connectivity index (χ1v) is 9.09. The number of aromatic nitrogens is 1. The molecule has 1 aromatic heterocycles. The van der Waals surface area contributed by atoms with E-state index in [-0.39, 0.29) is 6.03 Å². The van der Waals surface area contributed by atoms with Crippen molar-refractivity contribution in [2.75, 3.05) is 31.1 Å². The van der Waals surface area contributed by atoms with E-state index in [0.717, 1.165) is 56.8 Å². The summed E-state index contributed by atoms with van der Waals surface area (Å²) in [6, 6.07) is 14.9. The number of fused-ring (bicyclic) bond motifs is 1. The van der Waals surface area contributed by atoms with E-state index in [0.29, 0.717) is 6.04 Å². The van der Waals surface area contributed by atoms with Gasteiger partial charge in [0.05, 0.1) is 11.4 Å². The van der Waals surface area contributed by atoms with Gasteiger partial charge in [-0.1, -0.05) is 30.3 Å².